The average molecular weight is 466 g/mol. The minimum Gasteiger partial charge on any atom is -0.465 e. The molecule has 0 spiro atoms. The normalized spacial score (nSPS) is 14.3. The first-order valence-corrected chi connectivity index (χ1v) is 11.4. The third-order valence-corrected chi connectivity index (χ3v) is 6.37. The predicted molar refractivity (Wildman–Crippen MR) is 129 cm³/mol. The van der Waals surface area contributed by atoms with Crippen LogP contribution in [-0.4, -0.2) is 48.0 Å². The number of aryl methyl sites for hydroxylation is 2. The van der Waals surface area contributed by atoms with E-state index in [0.29, 0.717) is 36.2 Å². The summed E-state index contributed by atoms with van der Waals surface area (Å²) < 4.78 is 18.8. The molecule has 2 N–H and O–H groups in total. The minimum absolute atomic E-state index is 0.0396. The Hall–Kier alpha value is -3.68. The lowest BCUT2D eigenvalue weighted by Crippen LogP contribution is -2.42. The molecule has 1 fully saturated rings. The third-order valence-electron chi connectivity index (χ3n) is 6.37. The second kappa shape index (κ2) is 10.1. The minimum atomic E-state index is -0.541. The van der Waals surface area contributed by atoms with Crippen LogP contribution in [0.5, 0.6) is 0 Å². The number of nitrogens with one attached hydrogen (secondary N) is 2. The smallest absolute Gasteiger partial charge is 0.337 e. The summed E-state index contributed by atoms with van der Waals surface area (Å²) in [6.45, 7) is 3.13. The summed E-state index contributed by atoms with van der Waals surface area (Å²) >= 11 is 0. The highest BCUT2D eigenvalue weighted by atomic mass is 19.1. The van der Waals surface area contributed by atoms with Crippen molar-refractivity contribution in [3.63, 3.8) is 0 Å². The molecule has 34 heavy (non-hydrogen) atoms. The number of H-pyrrole nitrogens is 1. The number of rotatable bonds is 6. The van der Waals surface area contributed by atoms with Gasteiger partial charge in [-0.3, -0.25) is 9.59 Å². The molecule has 1 aliphatic heterocycles. The number of aromatic amines is 1. The van der Waals surface area contributed by atoms with E-state index in [2.05, 4.69) is 10.3 Å². The van der Waals surface area contributed by atoms with E-state index < -0.39 is 11.4 Å². The third kappa shape index (κ3) is 5.11. The van der Waals surface area contributed by atoms with E-state index >= 15 is 0 Å². The number of ether oxygens (including phenoxy) is 1. The number of benzene rings is 2. The lowest BCUT2D eigenvalue weighted by atomic mass is 10.0. The first-order chi connectivity index (χ1) is 16.4. The van der Waals surface area contributed by atoms with Crippen LogP contribution in [0.2, 0.25) is 0 Å². The van der Waals surface area contributed by atoms with Crippen LogP contribution in [0.15, 0.2) is 47.3 Å². The Kier molecular flexibility index (Phi) is 6.95. The maximum absolute atomic E-state index is 14.0. The van der Waals surface area contributed by atoms with Gasteiger partial charge >= 0.3 is 5.97 Å². The average Bonchev–Trinajstić information content (AvgIpc) is 2.85. The molecule has 4 rings (SSSR count). The highest BCUT2D eigenvalue weighted by Crippen LogP contribution is 2.21. The Balaban J connectivity index is 1.30. The molecule has 0 radical (unpaired) electrons. The maximum Gasteiger partial charge on any atom is 0.337 e. The van der Waals surface area contributed by atoms with Crippen molar-refractivity contribution in [2.45, 2.75) is 38.6 Å². The van der Waals surface area contributed by atoms with Crippen LogP contribution < -0.4 is 10.9 Å². The number of anilines is 1. The Morgan fingerprint density at radius 2 is 1.85 bits per heavy atom. The zero-order chi connectivity index (χ0) is 24.2. The quantitative estimate of drug-likeness (QED) is 0.541. The SMILES string of the molecule is COC(=O)c1ccc(NC2CCN(C(=O)CCc3cc4c(C)ccc(F)c4c(=O)[nH]3)CC2)cc1. The molecule has 1 aromatic heterocycles. The van der Waals surface area contributed by atoms with E-state index in [1.54, 1.807) is 24.3 Å². The van der Waals surface area contributed by atoms with Crippen molar-refractivity contribution >= 4 is 28.3 Å². The van der Waals surface area contributed by atoms with E-state index in [0.717, 1.165) is 24.1 Å². The number of esters is 1. The Bertz CT molecular complexity index is 1260. The molecule has 7 nitrogen and oxygen atoms in total. The monoisotopic (exact) mass is 465 g/mol. The van der Waals surface area contributed by atoms with Crippen molar-refractivity contribution in [1.29, 1.82) is 0 Å². The summed E-state index contributed by atoms with van der Waals surface area (Å²) in [5.74, 6) is -0.869. The zero-order valence-electron chi connectivity index (χ0n) is 19.3. The number of methoxy groups -OCH3 is 1. The molecule has 0 unspecified atom stereocenters. The van der Waals surface area contributed by atoms with Gasteiger partial charge in [0.2, 0.25) is 5.91 Å². The second-order valence-corrected chi connectivity index (χ2v) is 8.64. The molecule has 3 aromatic rings. The number of amides is 1. The molecule has 0 aliphatic carbocycles. The molecular formula is C26H28FN3O4. The lowest BCUT2D eigenvalue weighted by Gasteiger charge is -2.33. The van der Waals surface area contributed by atoms with Gasteiger partial charge in [0.15, 0.2) is 0 Å². The fourth-order valence-corrected chi connectivity index (χ4v) is 4.40. The van der Waals surface area contributed by atoms with E-state index in [-0.39, 0.29) is 29.7 Å². The van der Waals surface area contributed by atoms with E-state index in [1.807, 2.05) is 24.0 Å². The van der Waals surface area contributed by atoms with Gasteiger partial charge in [0.25, 0.3) is 5.56 Å². The van der Waals surface area contributed by atoms with Crippen LogP contribution in [-0.2, 0) is 16.0 Å². The standard InChI is InChI=1S/C26H28FN3O4/c1-16-3-9-22(27)24-21(16)15-20(29-25(24)32)8-10-23(31)30-13-11-19(12-14-30)28-18-6-4-17(5-7-18)26(33)34-2/h3-7,9,15,19,28H,8,10-14H2,1-2H3,(H,29,32). The highest BCUT2D eigenvalue weighted by molar-refractivity contribution is 5.89. The molecule has 1 amide bonds. The molecule has 1 saturated heterocycles. The first-order valence-electron chi connectivity index (χ1n) is 11.4. The number of hydrogen-bond acceptors (Lipinski definition) is 5. The molecule has 0 saturated carbocycles. The Labute approximate surface area is 196 Å². The van der Waals surface area contributed by atoms with Crippen molar-refractivity contribution in [3.05, 3.63) is 75.5 Å². The fraction of sp³-hybridized carbons (Fsp3) is 0.346. The van der Waals surface area contributed by atoms with Gasteiger partial charge in [-0.1, -0.05) is 6.07 Å². The van der Waals surface area contributed by atoms with Crippen LogP contribution in [0, 0.1) is 12.7 Å². The predicted octanol–water partition coefficient (Wildman–Crippen LogP) is 3.80. The number of piperidine rings is 1. The van der Waals surface area contributed by atoms with Gasteiger partial charge in [0.05, 0.1) is 18.1 Å². The first kappa shape index (κ1) is 23.5. The van der Waals surface area contributed by atoms with E-state index in [1.165, 1.54) is 13.2 Å². The van der Waals surface area contributed by atoms with Crippen molar-refractivity contribution in [2.75, 3.05) is 25.5 Å². The van der Waals surface area contributed by atoms with Crippen LogP contribution in [0.25, 0.3) is 10.8 Å². The highest BCUT2D eigenvalue weighted by Gasteiger charge is 2.23. The molecule has 0 atom stereocenters. The van der Waals surface area contributed by atoms with Gasteiger partial charge in [-0.05, 0) is 73.5 Å². The Morgan fingerprint density at radius 1 is 1.15 bits per heavy atom. The summed E-state index contributed by atoms with van der Waals surface area (Å²) in [5, 5.41) is 4.10. The molecular weight excluding hydrogens is 437 g/mol. The number of carbonyl (C=O) groups excluding carboxylic acids is 2. The van der Waals surface area contributed by atoms with Gasteiger partial charge in [-0.15, -0.1) is 0 Å². The van der Waals surface area contributed by atoms with E-state index in [4.69, 9.17) is 4.74 Å². The zero-order valence-corrected chi connectivity index (χ0v) is 19.3. The number of aromatic nitrogens is 1. The van der Waals surface area contributed by atoms with Crippen LogP contribution in [0.3, 0.4) is 0 Å². The van der Waals surface area contributed by atoms with Crippen LogP contribution in [0.4, 0.5) is 10.1 Å². The maximum atomic E-state index is 14.0. The number of carbonyl (C=O) groups is 2. The summed E-state index contributed by atoms with van der Waals surface area (Å²) in [5.41, 5.74) is 2.41. The summed E-state index contributed by atoms with van der Waals surface area (Å²) in [7, 11) is 1.35. The summed E-state index contributed by atoms with van der Waals surface area (Å²) in [4.78, 5) is 41.2. The van der Waals surface area contributed by atoms with E-state index in [9.17, 15) is 18.8 Å². The van der Waals surface area contributed by atoms with Crippen molar-refractivity contribution in [1.82, 2.24) is 9.88 Å². The topological polar surface area (TPSA) is 91.5 Å². The summed E-state index contributed by atoms with van der Waals surface area (Å²) in [6, 6.07) is 12.1. The fourth-order valence-electron chi connectivity index (χ4n) is 4.40. The number of fused-ring (bicyclic) bond motifs is 1. The molecule has 2 aromatic carbocycles. The lowest BCUT2D eigenvalue weighted by molar-refractivity contribution is -0.132. The van der Waals surface area contributed by atoms with Crippen molar-refractivity contribution in [2.24, 2.45) is 0 Å². The van der Waals surface area contributed by atoms with Crippen molar-refractivity contribution in [3.8, 4) is 0 Å². The van der Waals surface area contributed by atoms with Crippen LogP contribution in [0.1, 0.15) is 40.9 Å². The Morgan fingerprint density at radius 3 is 2.53 bits per heavy atom. The van der Waals surface area contributed by atoms with Crippen LogP contribution >= 0.6 is 0 Å². The molecule has 8 heteroatoms. The largest absolute Gasteiger partial charge is 0.465 e. The number of nitrogens with zero attached hydrogens (tertiary/aromatic N) is 1. The number of likely N-dealkylation sites (tertiary alicyclic amines) is 1. The molecule has 0 bridgehead atoms. The van der Waals surface area contributed by atoms with Gasteiger partial charge in [0, 0.05) is 36.9 Å². The molecule has 178 valence electrons. The van der Waals surface area contributed by atoms with Gasteiger partial charge in [-0.2, -0.15) is 0 Å². The number of halogens is 1. The number of hydrogen-bond donors (Lipinski definition) is 2. The molecule has 2 heterocycles. The van der Waals surface area contributed by atoms with Gasteiger partial charge < -0.3 is 19.9 Å². The second-order valence-electron chi connectivity index (χ2n) is 8.64. The number of pyridine rings is 1. The summed E-state index contributed by atoms with van der Waals surface area (Å²) in [6.07, 6.45) is 2.30. The van der Waals surface area contributed by atoms with Gasteiger partial charge in [0.1, 0.15) is 5.82 Å². The molecule has 1 aliphatic rings. The van der Waals surface area contributed by atoms with Gasteiger partial charge in [-0.25, -0.2) is 9.18 Å². The van der Waals surface area contributed by atoms with Crippen molar-refractivity contribution < 1.29 is 18.7 Å².